The van der Waals surface area contributed by atoms with Crippen molar-refractivity contribution >= 4 is 28.6 Å². The van der Waals surface area contributed by atoms with Crippen molar-refractivity contribution in [3.05, 3.63) is 42.5 Å². The number of unbranched alkanes of at least 4 members (excludes halogenated alkanes) is 3. The number of hydrogen-bond donors (Lipinski definition) is 0. The molecule has 0 aliphatic carbocycles. The van der Waals surface area contributed by atoms with Gasteiger partial charge in [-0.15, -0.1) is 0 Å². The lowest BCUT2D eigenvalue weighted by Gasteiger charge is -2.34. The lowest BCUT2D eigenvalue weighted by molar-refractivity contribution is -0.143. The van der Waals surface area contributed by atoms with Crippen LogP contribution in [0.25, 0.3) is 10.8 Å². The smallest absolute Gasteiger partial charge is 0.305 e. The van der Waals surface area contributed by atoms with Crippen LogP contribution in [0.1, 0.15) is 45.4 Å². The molecule has 7 nitrogen and oxygen atoms in total. The Balaban J connectivity index is 1.32. The second kappa shape index (κ2) is 12.8. The second-order valence-corrected chi connectivity index (χ2v) is 8.25. The van der Waals surface area contributed by atoms with E-state index in [-0.39, 0.29) is 24.4 Å². The number of amides is 2. The summed E-state index contributed by atoms with van der Waals surface area (Å²) in [6.45, 7) is 4.39. The third kappa shape index (κ3) is 7.48. The summed E-state index contributed by atoms with van der Waals surface area (Å²) in [5.41, 5.74) is 0. The maximum Gasteiger partial charge on any atom is 0.305 e. The van der Waals surface area contributed by atoms with Crippen LogP contribution in [0.3, 0.4) is 0 Å². The van der Waals surface area contributed by atoms with E-state index in [1.54, 1.807) is 11.8 Å². The van der Waals surface area contributed by atoms with Crippen molar-refractivity contribution in [3.8, 4) is 5.75 Å². The van der Waals surface area contributed by atoms with Gasteiger partial charge in [-0.05, 0) is 31.2 Å². The molecule has 1 heterocycles. The van der Waals surface area contributed by atoms with Crippen LogP contribution >= 0.6 is 0 Å². The van der Waals surface area contributed by atoms with Gasteiger partial charge < -0.3 is 19.3 Å². The lowest BCUT2D eigenvalue weighted by atomic mass is 10.1. The topological polar surface area (TPSA) is 76.2 Å². The highest BCUT2D eigenvalue weighted by molar-refractivity contribution is 5.88. The van der Waals surface area contributed by atoms with Crippen LogP contribution in [0.5, 0.6) is 5.75 Å². The van der Waals surface area contributed by atoms with Gasteiger partial charge in [-0.1, -0.05) is 49.2 Å². The Hall–Kier alpha value is -3.09. The van der Waals surface area contributed by atoms with Crippen LogP contribution in [-0.2, 0) is 19.1 Å². The number of piperazine rings is 1. The van der Waals surface area contributed by atoms with E-state index in [9.17, 15) is 14.4 Å². The molecule has 7 heteroatoms. The van der Waals surface area contributed by atoms with Gasteiger partial charge in [0.05, 0.1) is 6.61 Å². The SMILES string of the molecule is CCOC(=O)CCCCCCC(=O)N1CCN(C(=O)COc2cccc3ccccc23)CC1. The summed E-state index contributed by atoms with van der Waals surface area (Å²) in [5.74, 6) is 0.636. The van der Waals surface area contributed by atoms with Gasteiger partial charge in [-0.3, -0.25) is 14.4 Å². The molecule has 0 spiro atoms. The molecular formula is C26H34N2O5. The molecule has 2 aromatic carbocycles. The summed E-state index contributed by atoms with van der Waals surface area (Å²) in [6.07, 6.45) is 4.42. The minimum atomic E-state index is -0.150. The van der Waals surface area contributed by atoms with E-state index in [4.69, 9.17) is 9.47 Å². The molecule has 1 aliphatic rings. The Morgan fingerprint density at radius 1 is 0.788 bits per heavy atom. The molecule has 2 amide bonds. The van der Waals surface area contributed by atoms with Crippen molar-refractivity contribution in [2.45, 2.75) is 45.4 Å². The normalized spacial score (nSPS) is 13.7. The standard InChI is InChI=1S/C26H34N2O5/c1-2-32-26(31)15-6-4-3-5-14-24(29)27-16-18-28(19-17-27)25(30)20-33-23-13-9-11-21-10-7-8-12-22(21)23/h7-13H,2-6,14-20H2,1H3. The van der Waals surface area contributed by atoms with E-state index < -0.39 is 0 Å². The average molecular weight is 455 g/mol. The molecule has 0 N–H and O–H groups in total. The van der Waals surface area contributed by atoms with Crippen LogP contribution in [0.4, 0.5) is 0 Å². The number of fused-ring (bicyclic) bond motifs is 1. The first-order chi connectivity index (χ1) is 16.1. The number of ether oxygens (including phenoxy) is 2. The molecule has 0 atom stereocenters. The van der Waals surface area contributed by atoms with E-state index >= 15 is 0 Å². The summed E-state index contributed by atoms with van der Waals surface area (Å²) in [6, 6.07) is 13.8. The number of carbonyl (C=O) groups is 3. The Bertz CT molecular complexity index is 932. The Labute approximate surface area is 195 Å². The highest BCUT2D eigenvalue weighted by Gasteiger charge is 2.24. The van der Waals surface area contributed by atoms with Crippen molar-refractivity contribution in [1.29, 1.82) is 0 Å². The predicted octanol–water partition coefficient (Wildman–Crippen LogP) is 3.79. The molecule has 1 aliphatic heterocycles. The van der Waals surface area contributed by atoms with Gasteiger partial charge in [0.2, 0.25) is 5.91 Å². The van der Waals surface area contributed by atoms with E-state index in [2.05, 4.69) is 0 Å². The number of rotatable bonds is 11. The van der Waals surface area contributed by atoms with Crippen molar-refractivity contribution < 1.29 is 23.9 Å². The summed E-state index contributed by atoms with van der Waals surface area (Å²) in [7, 11) is 0. The largest absolute Gasteiger partial charge is 0.483 e. The summed E-state index contributed by atoms with van der Waals surface area (Å²) in [5, 5.41) is 2.07. The third-order valence-corrected chi connectivity index (χ3v) is 5.91. The van der Waals surface area contributed by atoms with E-state index in [1.165, 1.54) is 0 Å². The van der Waals surface area contributed by atoms with Gasteiger partial charge in [0.15, 0.2) is 6.61 Å². The first-order valence-corrected chi connectivity index (χ1v) is 11.9. The number of hydrogen-bond acceptors (Lipinski definition) is 5. The zero-order valence-corrected chi connectivity index (χ0v) is 19.5. The van der Waals surface area contributed by atoms with Gasteiger partial charge in [-0.2, -0.15) is 0 Å². The van der Waals surface area contributed by atoms with Gasteiger partial charge in [0, 0.05) is 44.4 Å². The van der Waals surface area contributed by atoms with E-state index in [1.807, 2.05) is 47.4 Å². The Morgan fingerprint density at radius 3 is 2.15 bits per heavy atom. The number of esters is 1. The van der Waals surface area contributed by atoms with Gasteiger partial charge >= 0.3 is 5.97 Å². The van der Waals surface area contributed by atoms with Gasteiger partial charge in [0.25, 0.3) is 5.91 Å². The summed E-state index contributed by atoms with van der Waals surface area (Å²) >= 11 is 0. The van der Waals surface area contributed by atoms with Crippen LogP contribution in [0.15, 0.2) is 42.5 Å². The minimum Gasteiger partial charge on any atom is -0.483 e. The molecule has 0 bridgehead atoms. The predicted molar refractivity (Wildman–Crippen MR) is 127 cm³/mol. The van der Waals surface area contributed by atoms with Crippen molar-refractivity contribution in [1.82, 2.24) is 9.80 Å². The molecule has 2 aromatic rings. The zero-order valence-electron chi connectivity index (χ0n) is 19.5. The monoisotopic (exact) mass is 454 g/mol. The van der Waals surface area contributed by atoms with E-state index in [0.717, 1.165) is 36.5 Å². The highest BCUT2D eigenvalue weighted by atomic mass is 16.5. The quantitative estimate of drug-likeness (QED) is 0.381. The van der Waals surface area contributed by atoms with Crippen LogP contribution in [0.2, 0.25) is 0 Å². The van der Waals surface area contributed by atoms with Crippen LogP contribution in [0, 0.1) is 0 Å². The fourth-order valence-corrected chi connectivity index (χ4v) is 4.05. The maximum absolute atomic E-state index is 12.6. The molecule has 33 heavy (non-hydrogen) atoms. The molecule has 0 saturated carbocycles. The lowest BCUT2D eigenvalue weighted by Crippen LogP contribution is -2.51. The molecule has 3 rings (SSSR count). The van der Waals surface area contributed by atoms with Crippen LogP contribution < -0.4 is 4.74 Å². The first-order valence-electron chi connectivity index (χ1n) is 11.9. The molecule has 0 aromatic heterocycles. The third-order valence-electron chi connectivity index (χ3n) is 5.91. The second-order valence-electron chi connectivity index (χ2n) is 8.25. The minimum absolute atomic E-state index is 0.00620. The summed E-state index contributed by atoms with van der Waals surface area (Å²) < 4.78 is 10.7. The molecular weight excluding hydrogens is 420 g/mol. The molecule has 1 saturated heterocycles. The fraction of sp³-hybridized carbons (Fsp3) is 0.500. The Kier molecular flexibility index (Phi) is 9.54. The number of nitrogens with zero attached hydrogens (tertiary/aromatic N) is 2. The fourth-order valence-electron chi connectivity index (χ4n) is 4.05. The highest BCUT2D eigenvalue weighted by Crippen LogP contribution is 2.25. The maximum atomic E-state index is 12.6. The average Bonchev–Trinajstić information content (AvgIpc) is 2.84. The van der Waals surface area contributed by atoms with Gasteiger partial charge in [0.1, 0.15) is 5.75 Å². The molecule has 1 fully saturated rings. The van der Waals surface area contributed by atoms with Gasteiger partial charge in [-0.25, -0.2) is 0 Å². The Morgan fingerprint density at radius 2 is 1.42 bits per heavy atom. The molecule has 0 radical (unpaired) electrons. The number of benzene rings is 2. The van der Waals surface area contributed by atoms with Crippen molar-refractivity contribution in [2.24, 2.45) is 0 Å². The zero-order chi connectivity index (χ0) is 23.5. The van der Waals surface area contributed by atoms with Crippen molar-refractivity contribution in [2.75, 3.05) is 39.4 Å². The molecule has 0 unspecified atom stereocenters. The first kappa shape index (κ1) is 24.6. The van der Waals surface area contributed by atoms with Crippen LogP contribution in [-0.4, -0.2) is 67.0 Å². The summed E-state index contributed by atoms with van der Waals surface area (Å²) in [4.78, 5) is 40.0. The van der Waals surface area contributed by atoms with E-state index in [0.29, 0.717) is 51.4 Å². The molecule has 178 valence electrons. The van der Waals surface area contributed by atoms with Crippen molar-refractivity contribution in [3.63, 3.8) is 0 Å². The number of carbonyl (C=O) groups excluding carboxylic acids is 3.